The van der Waals surface area contributed by atoms with E-state index in [2.05, 4.69) is 23.8 Å². The number of amides is 1. The number of fused-ring (bicyclic) bond motifs is 5. The highest BCUT2D eigenvalue weighted by Gasteiger charge is 2.54. The van der Waals surface area contributed by atoms with Crippen molar-refractivity contribution < 1.29 is 29.7 Å². The average Bonchev–Trinajstić information content (AvgIpc) is 2.83. The first kappa shape index (κ1) is 27.2. The molecule has 1 unspecified atom stereocenters. The van der Waals surface area contributed by atoms with E-state index >= 15 is 0 Å². The van der Waals surface area contributed by atoms with Crippen LogP contribution in [0.25, 0.3) is 0 Å². The van der Waals surface area contributed by atoms with Crippen LogP contribution in [0.5, 0.6) is 5.75 Å². The summed E-state index contributed by atoms with van der Waals surface area (Å²) in [6.07, 6.45) is 2.63. The number of phenolic OH excluding ortho intramolecular Hbond substituents is 1. The van der Waals surface area contributed by atoms with E-state index < -0.39 is 52.6 Å². The molecule has 10 nitrogen and oxygen atoms in total. The highest BCUT2D eigenvalue weighted by Crippen LogP contribution is 2.53. The second kappa shape index (κ2) is 9.67. The zero-order chi connectivity index (χ0) is 28.5. The number of primary amides is 1. The van der Waals surface area contributed by atoms with E-state index in [1.165, 1.54) is 0 Å². The van der Waals surface area contributed by atoms with Crippen LogP contribution in [0.1, 0.15) is 53.7 Å². The number of aliphatic hydroxyl groups excluding tert-OH is 2. The monoisotopic (exact) mass is 538 g/mol. The number of likely N-dealkylation sites (N-methyl/N-ethyl adjacent to an activating group) is 1. The van der Waals surface area contributed by atoms with Gasteiger partial charge in [-0.25, -0.2) is 0 Å². The molecular weight excluding hydrogens is 500 g/mol. The van der Waals surface area contributed by atoms with Gasteiger partial charge < -0.3 is 26.0 Å². The highest BCUT2D eigenvalue weighted by atomic mass is 16.3. The molecule has 1 aliphatic heterocycles. The molecule has 1 heterocycles. The lowest BCUT2D eigenvalue weighted by atomic mass is 9.60. The van der Waals surface area contributed by atoms with Crippen LogP contribution in [0.4, 0.5) is 5.69 Å². The van der Waals surface area contributed by atoms with Gasteiger partial charge in [0.2, 0.25) is 0 Å². The van der Waals surface area contributed by atoms with E-state index in [1.54, 1.807) is 25.1 Å². The molecule has 0 fully saturated rings. The number of hydrogen-bond donors (Lipinski definition) is 4. The Morgan fingerprint density at radius 1 is 1.15 bits per heavy atom. The molecule has 1 aromatic rings. The van der Waals surface area contributed by atoms with Crippen molar-refractivity contribution in [3.63, 3.8) is 0 Å². The molecule has 3 aliphatic carbocycles. The van der Waals surface area contributed by atoms with E-state index in [1.807, 2.05) is 7.05 Å². The van der Waals surface area contributed by atoms with Gasteiger partial charge in [-0.15, -0.1) is 0 Å². The van der Waals surface area contributed by atoms with Gasteiger partial charge in [-0.05, 0) is 82.4 Å². The van der Waals surface area contributed by atoms with Gasteiger partial charge in [-0.3, -0.25) is 24.2 Å². The summed E-state index contributed by atoms with van der Waals surface area (Å²) in [5.74, 6) is -5.41. The molecular formula is C29H38N4O6. The summed E-state index contributed by atoms with van der Waals surface area (Å²) in [5, 5.41) is 33.6. The zero-order valence-corrected chi connectivity index (χ0v) is 23.2. The summed E-state index contributed by atoms with van der Waals surface area (Å²) in [7, 11) is 7.51. The number of Topliss-reactive ketones (excluding diaryl/α,β-unsaturated/α-hetero) is 2. The number of anilines is 1. The predicted molar refractivity (Wildman–Crippen MR) is 146 cm³/mol. The molecule has 1 aromatic carbocycles. The van der Waals surface area contributed by atoms with Crippen molar-refractivity contribution >= 4 is 23.2 Å². The number of allylic oxidation sites excluding steroid dienone is 2. The summed E-state index contributed by atoms with van der Waals surface area (Å²) in [6, 6.07) is 1.05. The average molecular weight is 539 g/mol. The maximum absolute atomic E-state index is 14.0. The lowest BCUT2D eigenvalue weighted by Crippen LogP contribution is -2.53. The van der Waals surface area contributed by atoms with Gasteiger partial charge >= 0.3 is 0 Å². The minimum absolute atomic E-state index is 0.104. The Bertz CT molecular complexity index is 1330. The summed E-state index contributed by atoms with van der Waals surface area (Å²) in [5.41, 5.74) is 7.86. The number of ketones is 2. The van der Waals surface area contributed by atoms with Gasteiger partial charge in [0.15, 0.2) is 11.6 Å². The Labute approximate surface area is 228 Å². The van der Waals surface area contributed by atoms with E-state index in [9.17, 15) is 29.7 Å². The number of carbonyl (C=O) groups excluding carboxylic acids is 3. The summed E-state index contributed by atoms with van der Waals surface area (Å²) in [6.45, 7) is 3.83. The number of nitrogens with zero attached hydrogens (tertiary/aromatic N) is 3. The van der Waals surface area contributed by atoms with Crippen LogP contribution in [0.15, 0.2) is 28.7 Å². The number of benzene rings is 1. The quantitative estimate of drug-likeness (QED) is 0.414. The van der Waals surface area contributed by atoms with Crippen molar-refractivity contribution in [2.45, 2.75) is 44.7 Å². The third-order valence-electron chi connectivity index (χ3n) is 9.16. The molecule has 210 valence electrons. The van der Waals surface area contributed by atoms with Gasteiger partial charge in [0.25, 0.3) is 5.91 Å². The van der Waals surface area contributed by atoms with Crippen LogP contribution in [-0.4, -0.2) is 89.9 Å². The van der Waals surface area contributed by atoms with Gasteiger partial charge in [0.1, 0.15) is 22.8 Å². The fraction of sp³-hybridized carbons (Fsp3) is 0.552. The molecule has 4 aliphatic rings. The van der Waals surface area contributed by atoms with Gasteiger partial charge in [0, 0.05) is 30.9 Å². The smallest absolute Gasteiger partial charge is 0.255 e. The normalized spacial score (nSPS) is 28.5. The molecule has 0 spiro atoms. The highest BCUT2D eigenvalue weighted by molar-refractivity contribution is 6.22. The molecule has 5 rings (SSSR count). The molecule has 0 radical (unpaired) electrons. The molecule has 39 heavy (non-hydrogen) atoms. The molecule has 5 N–H and O–H groups in total. The van der Waals surface area contributed by atoms with Crippen molar-refractivity contribution in [1.29, 1.82) is 0 Å². The third-order valence-corrected chi connectivity index (χ3v) is 9.16. The number of carbonyl (C=O) groups is 3. The number of phenols is 1. The molecule has 0 saturated heterocycles. The van der Waals surface area contributed by atoms with Crippen LogP contribution in [0, 0.1) is 17.8 Å². The number of aromatic hydroxyl groups is 1. The molecule has 0 aromatic heterocycles. The van der Waals surface area contributed by atoms with Crippen molar-refractivity contribution in [1.82, 2.24) is 9.80 Å². The Morgan fingerprint density at radius 2 is 1.85 bits per heavy atom. The fourth-order valence-electron chi connectivity index (χ4n) is 7.61. The maximum atomic E-state index is 14.0. The SMILES string of the molecule is CCCN(C)C1CCN(C)c2c1cc(O)c1c2C[C@@H]2C[C@H]3[C@@H](C(=O)C(C(N)=O)=C(O)[C@@H]3N(C)C)C(O)=C2C1=O. The fourth-order valence-corrected chi connectivity index (χ4v) is 7.61. The zero-order valence-electron chi connectivity index (χ0n) is 23.2. The van der Waals surface area contributed by atoms with Gasteiger partial charge in [0.05, 0.1) is 17.5 Å². The van der Waals surface area contributed by atoms with Crippen LogP contribution in [0.2, 0.25) is 0 Å². The van der Waals surface area contributed by atoms with Crippen LogP contribution in [0.3, 0.4) is 0 Å². The lowest BCUT2D eigenvalue weighted by molar-refractivity contribution is -0.127. The molecule has 10 heteroatoms. The second-order valence-corrected chi connectivity index (χ2v) is 11.7. The molecule has 5 atom stereocenters. The van der Waals surface area contributed by atoms with Gasteiger partial charge in [-0.1, -0.05) is 6.92 Å². The number of nitrogens with two attached hydrogens (primary N) is 1. The van der Waals surface area contributed by atoms with Crippen molar-refractivity contribution in [3.8, 4) is 5.75 Å². The summed E-state index contributed by atoms with van der Waals surface area (Å²) < 4.78 is 0. The van der Waals surface area contributed by atoms with Crippen molar-refractivity contribution in [3.05, 3.63) is 45.4 Å². The first-order chi connectivity index (χ1) is 18.4. The van der Waals surface area contributed by atoms with E-state index in [0.29, 0.717) is 12.8 Å². The third kappa shape index (κ3) is 3.95. The second-order valence-electron chi connectivity index (χ2n) is 11.7. The topological polar surface area (TPSA) is 148 Å². The summed E-state index contributed by atoms with van der Waals surface area (Å²) in [4.78, 5) is 45.6. The van der Waals surface area contributed by atoms with Gasteiger partial charge in [-0.2, -0.15) is 0 Å². The number of hydrogen-bond acceptors (Lipinski definition) is 9. The van der Waals surface area contributed by atoms with Crippen LogP contribution < -0.4 is 10.6 Å². The largest absolute Gasteiger partial charge is 0.511 e. The van der Waals surface area contributed by atoms with E-state index in [0.717, 1.165) is 42.7 Å². The lowest BCUT2D eigenvalue weighted by Gasteiger charge is -2.47. The Balaban J connectivity index is 1.66. The molecule has 0 saturated carbocycles. The minimum atomic E-state index is -1.18. The number of aliphatic hydroxyl groups is 2. The van der Waals surface area contributed by atoms with Crippen molar-refractivity contribution in [2.75, 3.05) is 46.2 Å². The van der Waals surface area contributed by atoms with Crippen LogP contribution in [-0.2, 0) is 16.0 Å². The maximum Gasteiger partial charge on any atom is 0.255 e. The Morgan fingerprint density at radius 3 is 2.46 bits per heavy atom. The predicted octanol–water partition coefficient (Wildman–Crippen LogP) is 2.23. The first-order valence-electron chi connectivity index (χ1n) is 13.6. The molecule has 0 bridgehead atoms. The first-order valence-corrected chi connectivity index (χ1v) is 13.6. The Hall–Kier alpha value is -3.37. The number of rotatable bonds is 5. The molecule has 1 amide bonds. The van der Waals surface area contributed by atoms with Crippen molar-refractivity contribution in [2.24, 2.45) is 23.5 Å². The van der Waals surface area contributed by atoms with E-state index in [-0.39, 0.29) is 28.7 Å². The standard InChI is InChI=1S/C29H38N4O6/c1-6-8-32(4)17-7-9-33(5)23-14(17)12-18(34)20-15(23)10-13-11-16-21(26(36)19(13)25(20)35)27(37)22(29(30)39)28(38)24(16)31(2)3/h12-13,16-17,21,24,34,36,38H,6-11H2,1-5H3,(H2,30,39)/t13-,16+,17?,21-,24-/m1/s1. The Kier molecular flexibility index (Phi) is 6.75. The van der Waals surface area contributed by atoms with E-state index in [4.69, 9.17) is 5.73 Å². The minimum Gasteiger partial charge on any atom is -0.511 e. The summed E-state index contributed by atoms with van der Waals surface area (Å²) >= 11 is 0. The van der Waals surface area contributed by atoms with Crippen LogP contribution >= 0.6 is 0 Å².